The van der Waals surface area contributed by atoms with Gasteiger partial charge in [-0.2, -0.15) is 0 Å². The van der Waals surface area contributed by atoms with Gasteiger partial charge in [0.2, 0.25) is 15.9 Å². The molecular formula is C68H80N10O13S. The van der Waals surface area contributed by atoms with E-state index in [0.29, 0.717) is 85.9 Å². The van der Waals surface area contributed by atoms with Gasteiger partial charge in [0.25, 0.3) is 0 Å². The number of rotatable bonds is 11. The first-order valence-corrected chi connectivity index (χ1v) is 32.4. The van der Waals surface area contributed by atoms with Crippen LogP contribution in [0.3, 0.4) is 0 Å². The second-order valence-electron chi connectivity index (χ2n) is 25.5. The number of carbonyl (C=O) groups excluding carboxylic acids is 1. The Balaban J connectivity index is 0.000000151. The highest BCUT2D eigenvalue weighted by Crippen LogP contribution is 2.43. The van der Waals surface area contributed by atoms with Crippen molar-refractivity contribution >= 4 is 62.4 Å². The number of ether oxygens (including phenoxy) is 4. The quantitative estimate of drug-likeness (QED) is 0.0808. The monoisotopic (exact) mass is 1280 g/mol. The van der Waals surface area contributed by atoms with Gasteiger partial charge >= 0.3 is 11.9 Å². The number of methoxy groups -OCH3 is 1. The van der Waals surface area contributed by atoms with E-state index in [1.807, 2.05) is 91.0 Å². The number of benzene rings is 6. The van der Waals surface area contributed by atoms with E-state index in [1.54, 1.807) is 79.0 Å². The van der Waals surface area contributed by atoms with Crippen LogP contribution in [0.4, 0.5) is 17.1 Å². The summed E-state index contributed by atoms with van der Waals surface area (Å²) in [6, 6.07) is 38.8. The molecule has 5 N–H and O–H groups in total. The SMILES string of the molecule is CC(C)(CN1CCN(C2=Nc3ccc(O)cc3Oc3ccc(O)cc32)CC1)C(=O)O.CC(C)(CN1CCN(C2=Nc3ccccc3Oc3ccccc32)CC1)C(=O)NS(C)(=O)=O.COc1ccc2c(c1)Oc1ccccc1N=C2N1CCN(CC(C)(C)C(=O)O)CC1. The van der Waals surface area contributed by atoms with Crippen molar-refractivity contribution in [1.29, 1.82) is 0 Å². The molecule has 1 amide bonds. The third kappa shape index (κ3) is 15.7. The lowest BCUT2D eigenvalue weighted by molar-refractivity contribution is -0.149. The molecule has 0 aliphatic carbocycles. The maximum absolute atomic E-state index is 12.4. The van der Waals surface area contributed by atoms with Crippen LogP contribution in [0.5, 0.6) is 51.7 Å². The third-order valence-electron chi connectivity index (χ3n) is 16.7. The molecule has 12 rings (SSSR count). The summed E-state index contributed by atoms with van der Waals surface area (Å²) in [5.74, 6) is 5.21. The number of nitrogens with zero attached hydrogens (tertiary/aromatic N) is 9. The number of hydrogen-bond donors (Lipinski definition) is 5. The van der Waals surface area contributed by atoms with Gasteiger partial charge in [0.15, 0.2) is 17.2 Å². The first kappa shape index (κ1) is 65.7. The molecule has 0 spiro atoms. The van der Waals surface area contributed by atoms with Crippen LogP contribution in [0.1, 0.15) is 58.2 Å². The Bertz CT molecular complexity index is 3940. The number of fused-ring (bicyclic) bond motifs is 6. The molecule has 3 saturated heterocycles. The summed E-state index contributed by atoms with van der Waals surface area (Å²) in [5, 5.41) is 38.7. The molecule has 6 aromatic carbocycles. The topological polar surface area (TPSA) is 272 Å². The van der Waals surface area contributed by atoms with Crippen LogP contribution in [-0.4, -0.2) is 205 Å². The number of aliphatic imine (C=N–C) groups is 3. The Morgan fingerprint density at radius 3 is 1.35 bits per heavy atom. The van der Waals surface area contributed by atoms with Gasteiger partial charge in [0.1, 0.15) is 69.1 Å². The predicted octanol–water partition coefficient (Wildman–Crippen LogP) is 9.21. The molecule has 23 nitrogen and oxygen atoms in total. The molecule has 0 unspecified atom stereocenters. The number of sulfonamides is 1. The van der Waals surface area contributed by atoms with Gasteiger partial charge in [-0.25, -0.2) is 23.4 Å². The van der Waals surface area contributed by atoms with E-state index in [0.717, 1.165) is 110 Å². The first-order valence-electron chi connectivity index (χ1n) is 30.6. The summed E-state index contributed by atoms with van der Waals surface area (Å²) < 4.78 is 48.7. The van der Waals surface area contributed by atoms with Gasteiger partial charge in [-0.15, -0.1) is 0 Å². The molecular weight excluding hydrogens is 1200 g/mol. The third-order valence-corrected chi connectivity index (χ3v) is 17.3. The number of amides is 1. The van der Waals surface area contributed by atoms with Gasteiger partial charge in [-0.05, 0) is 120 Å². The van der Waals surface area contributed by atoms with Crippen molar-refractivity contribution in [2.75, 3.05) is 112 Å². The number of carboxylic acids is 2. The number of piperazine rings is 3. The number of nitrogens with one attached hydrogen (secondary N) is 1. The lowest BCUT2D eigenvalue weighted by atomic mass is 9.91. The van der Waals surface area contributed by atoms with E-state index in [4.69, 9.17) is 33.9 Å². The van der Waals surface area contributed by atoms with Crippen LogP contribution in [0.2, 0.25) is 0 Å². The Kier molecular flexibility index (Phi) is 19.5. The number of carboxylic acid groups (broad SMARTS) is 2. The molecule has 6 aliphatic heterocycles. The molecule has 24 heteroatoms. The van der Waals surface area contributed by atoms with Gasteiger partial charge in [0, 0.05) is 110 Å². The minimum atomic E-state index is -3.58. The number of aliphatic carboxylic acids is 2. The molecule has 486 valence electrons. The van der Waals surface area contributed by atoms with Crippen molar-refractivity contribution in [2.24, 2.45) is 31.2 Å². The largest absolute Gasteiger partial charge is 0.508 e. The summed E-state index contributed by atoms with van der Waals surface area (Å²) in [5.41, 5.74) is 2.31. The number of phenols is 2. The second kappa shape index (κ2) is 27.3. The van der Waals surface area contributed by atoms with E-state index >= 15 is 0 Å². The van der Waals surface area contributed by atoms with Crippen LogP contribution < -0.4 is 23.7 Å². The summed E-state index contributed by atoms with van der Waals surface area (Å²) in [7, 11) is -1.94. The van der Waals surface area contributed by atoms with E-state index in [2.05, 4.69) is 34.1 Å². The fourth-order valence-electron chi connectivity index (χ4n) is 11.5. The van der Waals surface area contributed by atoms with Gasteiger partial charge in [0.05, 0.1) is 46.3 Å². The maximum Gasteiger partial charge on any atom is 0.310 e. The highest BCUT2D eigenvalue weighted by atomic mass is 32.2. The summed E-state index contributed by atoms with van der Waals surface area (Å²) in [4.78, 5) is 63.2. The number of phenolic OH excluding ortho intramolecular Hbond substituents is 2. The van der Waals surface area contributed by atoms with Crippen LogP contribution in [0.25, 0.3) is 0 Å². The van der Waals surface area contributed by atoms with Crippen LogP contribution in [0, 0.1) is 16.2 Å². The normalized spacial score (nSPS) is 16.7. The molecule has 0 saturated carbocycles. The fourth-order valence-corrected chi connectivity index (χ4v) is 12.1. The smallest absolute Gasteiger partial charge is 0.310 e. The zero-order valence-electron chi connectivity index (χ0n) is 53.1. The van der Waals surface area contributed by atoms with Gasteiger partial charge in [-0.3, -0.25) is 33.8 Å². The number of para-hydroxylation sites is 5. The molecule has 0 bridgehead atoms. The van der Waals surface area contributed by atoms with Crippen LogP contribution in [0.15, 0.2) is 142 Å². The molecule has 0 atom stereocenters. The fraction of sp³-hybridized carbons (Fsp3) is 0.382. The Labute approximate surface area is 536 Å². The van der Waals surface area contributed by atoms with Gasteiger partial charge in [-0.1, -0.05) is 36.4 Å². The second-order valence-corrected chi connectivity index (χ2v) is 27.2. The van der Waals surface area contributed by atoms with Crippen molar-refractivity contribution in [1.82, 2.24) is 34.1 Å². The average Bonchev–Trinajstić information content (AvgIpc) is 1.67. The lowest BCUT2D eigenvalue weighted by Crippen LogP contribution is -2.53. The van der Waals surface area contributed by atoms with E-state index < -0.39 is 44.1 Å². The standard InChI is InChI=1S/C23H28N4O4S.C23H27N3O4.C22H25N3O5/c1-23(2,22(28)25-32(3,29)30)16-26-12-14-27(15-13-26)21-17-8-4-6-10-19(17)31-20-11-7-5-9-18(20)24-21;1-23(2,22(27)28)15-25-10-12-26(13-11-25)21-17-9-8-16(29-3)14-20(17)30-19-7-5-4-6-18(19)24-21;1-22(2,21(28)29)13-24-7-9-25(10-8-24)20-16-11-14(26)4-6-18(16)30-19-12-15(27)3-5-17(19)23-20/h4-11H,12-16H2,1-3H3,(H,25,28);4-9,14H,10-13,15H2,1-3H3,(H,27,28);3-6,11-12,26-27H,7-10,13H2,1-2H3,(H,28,29). The minimum absolute atomic E-state index is 0.0855. The van der Waals surface area contributed by atoms with Crippen molar-refractivity contribution in [3.05, 3.63) is 144 Å². The molecule has 6 aromatic rings. The van der Waals surface area contributed by atoms with E-state index in [1.165, 1.54) is 6.07 Å². The molecule has 92 heavy (non-hydrogen) atoms. The molecule has 0 aromatic heterocycles. The van der Waals surface area contributed by atoms with Gasteiger partial charge < -0.3 is 54.1 Å². The molecule has 0 radical (unpaired) electrons. The highest BCUT2D eigenvalue weighted by Gasteiger charge is 2.37. The Morgan fingerprint density at radius 2 is 0.859 bits per heavy atom. The summed E-state index contributed by atoms with van der Waals surface area (Å²) in [6.07, 6.45) is 0.993. The number of carbonyl (C=O) groups is 3. The predicted molar refractivity (Wildman–Crippen MR) is 351 cm³/mol. The summed E-state index contributed by atoms with van der Waals surface area (Å²) >= 11 is 0. The van der Waals surface area contributed by atoms with E-state index in [9.17, 15) is 43.2 Å². The lowest BCUT2D eigenvalue weighted by Gasteiger charge is -2.39. The van der Waals surface area contributed by atoms with E-state index in [-0.39, 0.29) is 11.5 Å². The Morgan fingerprint density at radius 1 is 0.467 bits per heavy atom. The molecule has 3 fully saturated rings. The number of amidine groups is 3. The number of aromatic hydroxyl groups is 2. The molecule has 6 heterocycles. The zero-order chi connectivity index (χ0) is 65.7. The van der Waals surface area contributed by atoms with Crippen LogP contribution in [-0.2, 0) is 24.4 Å². The maximum atomic E-state index is 12.4. The van der Waals surface area contributed by atoms with Crippen molar-refractivity contribution in [2.45, 2.75) is 41.5 Å². The van der Waals surface area contributed by atoms with Crippen molar-refractivity contribution < 1.29 is 62.2 Å². The summed E-state index contributed by atoms with van der Waals surface area (Å²) in [6.45, 7) is 20.8. The number of hydrogen-bond acceptors (Lipinski definition) is 20. The van der Waals surface area contributed by atoms with Crippen LogP contribution >= 0.6 is 0 Å². The van der Waals surface area contributed by atoms with Crippen molar-refractivity contribution in [3.63, 3.8) is 0 Å². The Hall–Kier alpha value is -9.23. The zero-order valence-corrected chi connectivity index (χ0v) is 53.9. The first-order chi connectivity index (χ1) is 43.7. The minimum Gasteiger partial charge on any atom is -0.508 e. The van der Waals surface area contributed by atoms with Crippen molar-refractivity contribution in [3.8, 4) is 51.7 Å². The highest BCUT2D eigenvalue weighted by molar-refractivity contribution is 7.89. The average molecular weight is 1280 g/mol. The molecule has 6 aliphatic rings.